The van der Waals surface area contributed by atoms with E-state index < -0.39 is 0 Å². The van der Waals surface area contributed by atoms with E-state index in [2.05, 4.69) is 9.97 Å². The zero-order chi connectivity index (χ0) is 10.1. The predicted molar refractivity (Wildman–Crippen MR) is 48.5 cm³/mol. The molecule has 0 aromatic carbocycles. The molecule has 1 aromatic rings. The molecule has 0 unspecified atom stereocenters. The highest BCUT2D eigenvalue weighted by molar-refractivity contribution is 5.70. The third-order valence-electron chi connectivity index (χ3n) is 2.44. The van der Waals surface area contributed by atoms with Crippen LogP contribution in [0.4, 0.5) is 4.79 Å². The molecule has 1 aromatic heterocycles. The normalized spacial score (nSPS) is 26.4. The van der Waals surface area contributed by atoms with E-state index in [1.807, 2.05) is 6.92 Å². The summed E-state index contributed by atoms with van der Waals surface area (Å²) >= 11 is 0. The average molecular weight is 193 g/mol. The van der Waals surface area contributed by atoms with Gasteiger partial charge >= 0.3 is 6.09 Å². The molecule has 0 bridgehead atoms. The summed E-state index contributed by atoms with van der Waals surface area (Å²) in [5.74, 6) is 0. The van der Waals surface area contributed by atoms with E-state index in [1.165, 1.54) is 0 Å². The number of cyclic esters (lactones) is 1. The van der Waals surface area contributed by atoms with Crippen LogP contribution in [0.3, 0.4) is 0 Å². The molecule has 5 heteroatoms. The quantitative estimate of drug-likeness (QED) is 0.667. The molecule has 74 valence electrons. The van der Waals surface area contributed by atoms with E-state index in [4.69, 9.17) is 4.74 Å². The minimum atomic E-state index is -0.312. The standard InChI is InChI=1S/C9H11N3O2/c1-6-8(14-9(13)12(6)2)7-5-10-3-4-11-7/h3-6,8H,1-2H3/t6-,8+/m0/s1. The van der Waals surface area contributed by atoms with Crippen molar-refractivity contribution >= 4 is 6.09 Å². The molecule has 0 spiro atoms. The van der Waals surface area contributed by atoms with E-state index in [-0.39, 0.29) is 18.2 Å². The molecular formula is C9H11N3O2. The van der Waals surface area contributed by atoms with Crippen molar-refractivity contribution in [3.63, 3.8) is 0 Å². The lowest BCUT2D eigenvalue weighted by molar-refractivity contribution is 0.129. The van der Waals surface area contributed by atoms with Gasteiger partial charge < -0.3 is 9.64 Å². The molecule has 2 atom stereocenters. The molecule has 1 amide bonds. The first-order valence-corrected chi connectivity index (χ1v) is 4.39. The summed E-state index contributed by atoms with van der Waals surface area (Å²) in [5, 5.41) is 0. The first-order valence-electron chi connectivity index (χ1n) is 4.39. The Hall–Kier alpha value is -1.65. The third-order valence-corrected chi connectivity index (χ3v) is 2.44. The number of hydrogen-bond acceptors (Lipinski definition) is 4. The smallest absolute Gasteiger partial charge is 0.410 e. The minimum absolute atomic E-state index is 0.000741. The molecule has 2 rings (SSSR count). The second kappa shape index (κ2) is 3.25. The van der Waals surface area contributed by atoms with Gasteiger partial charge in [0.1, 0.15) is 5.69 Å². The van der Waals surface area contributed by atoms with Crippen molar-refractivity contribution < 1.29 is 9.53 Å². The summed E-state index contributed by atoms with van der Waals surface area (Å²) in [6.45, 7) is 1.92. The van der Waals surface area contributed by atoms with Crippen LogP contribution in [0.2, 0.25) is 0 Å². The maximum atomic E-state index is 11.2. The minimum Gasteiger partial charge on any atom is -0.437 e. The van der Waals surface area contributed by atoms with E-state index in [9.17, 15) is 4.79 Å². The van der Waals surface area contributed by atoms with Gasteiger partial charge in [-0.05, 0) is 6.92 Å². The number of carbonyl (C=O) groups excluding carboxylic acids is 1. The predicted octanol–water partition coefficient (Wildman–Crippen LogP) is 0.988. The van der Waals surface area contributed by atoms with Gasteiger partial charge in [-0.1, -0.05) is 0 Å². The maximum Gasteiger partial charge on any atom is 0.410 e. The maximum absolute atomic E-state index is 11.2. The Kier molecular flexibility index (Phi) is 2.07. The Balaban J connectivity index is 2.26. The van der Waals surface area contributed by atoms with Crippen molar-refractivity contribution in [3.05, 3.63) is 24.3 Å². The average Bonchev–Trinajstić information content (AvgIpc) is 2.47. The molecule has 5 nitrogen and oxygen atoms in total. The number of carbonyl (C=O) groups is 1. The van der Waals surface area contributed by atoms with Crippen molar-refractivity contribution in [3.8, 4) is 0 Å². The van der Waals surface area contributed by atoms with Gasteiger partial charge in [-0.2, -0.15) is 0 Å². The van der Waals surface area contributed by atoms with Crippen LogP contribution < -0.4 is 0 Å². The molecule has 0 saturated carbocycles. The number of nitrogens with zero attached hydrogens (tertiary/aromatic N) is 3. The summed E-state index contributed by atoms with van der Waals surface area (Å²) in [4.78, 5) is 20.8. The van der Waals surface area contributed by atoms with Gasteiger partial charge in [-0.25, -0.2) is 4.79 Å². The van der Waals surface area contributed by atoms with Crippen LogP contribution in [0.1, 0.15) is 18.7 Å². The van der Waals surface area contributed by atoms with Crippen molar-refractivity contribution in [1.29, 1.82) is 0 Å². The first kappa shape index (κ1) is 8.93. The Bertz CT molecular complexity index is 341. The first-order chi connectivity index (χ1) is 6.70. The van der Waals surface area contributed by atoms with Gasteiger partial charge in [0.25, 0.3) is 0 Å². The zero-order valence-corrected chi connectivity index (χ0v) is 8.04. The SMILES string of the molecule is C[C@H]1[C@H](c2cnccn2)OC(=O)N1C. The molecule has 14 heavy (non-hydrogen) atoms. The second-order valence-electron chi connectivity index (χ2n) is 3.29. The molecule has 0 N–H and O–H groups in total. The van der Waals surface area contributed by atoms with Crippen LogP contribution in [0.25, 0.3) is 0 Å². The van der Waals surface area contributed by atoms with Crippen LogP contribution >= 0.6 is 0 Å². The molecular weight excluding hydrogens is 182 g/mol. The van der Waals surface area contributed by atoms with Gasteiger partial charge in [-0.15, -0.1) is 0 Å². The largest absolute Gasteiger partial charge is 0.437 e. The van der Waals surface area contributed by atoms with E-state index >= 15 is 0 Å². The van der Waals surface area contributed by atoms with E-state index in [1.54, 1.807) is 30.5 Å². The highest BCUT2D eigenvalue weighted by Crippen LogP contribution is 2.29. The summed E-state index contributed by atoms with van der Waals surface area (Å²) in [6.07, 6.45) is 4.19. The van der Waals surface area contributed by atoms with Gasteiger partial charge in [0, 0.05) is 19.4 Å². The topological polar surface area (TPSA) is 55.3 Å². The van der Waals surface area contributed by atoms with E-state index in [0.29, 0.717) is 5.69 Å². The van der Waals surface area contributed by atoms with Crippen molar-refractivity contribution in [1.82, 2.24) is 14.9 Å². The molecule has 1 aliphatic heterocycles. The number of rotatable bonds is 1. The Morgan fingerprint density at radius 1 is 1.50 bits per heavy atom. The molecule has 2 heterocycles. The Morgan fingerprint density at radius 3 is 2.79 bits per heavy atom. The Morgan fingerprint density at radius 2 is 2.29 bits per heavy atom. The van der Waals surface area contributed by atoms with Crippen molar-refractivity contribution in [2.24, 2.45) is 0 Å². The zero-order valence-electron chi connectivity index (χ0n) is 8.04. The van der Waals surface area contributed by atoms with Gasteiger partial charge in [0.2, 0.25) is 0 Å². The monoisotopic (exact) mass is 193 g/mol. The number of aromatic nitrogens is 2. The van der Waals surface area contributed by atoms with Crippen LogP contribution in [0, 0.1) is 0 Å². The van der Waals surface area contributed by atoms with Crippen LogP contribution in [-0.4, -0.2) is 34.1 Å². The summed E-state index contributed by atoms with van der Waals surface area (Å²) in [5.41, 5.74) is 0.692. The van der Waals surface area contributed by atoms with Crippen LogP contribution in [0.5, 0.6) is 0 Å². The molecule has 0 radical (unpaired) electrons. The molecule has 1 fully saturated rings. The number of likely N-dealkylation sites (N-methyl/N-ethyl adjacent to an activating group) is 1. The highest BCUT2D eigenvalue weighted by Gasteiger charge is 2.38. The van der Waals surface area contributed by atoms with Crippen LogP contribution in [0.15, 0.2) is 18.6 Å². The fourth-order valence-electron chi connectivity index (χ4n) is 1.42. The van der Waals surface area contributed by atoms with E-state index in [0.717, 1.165) is 0 Å². The fraction of sp³-hybridized carbons (Fsp3) is 0.444. The number of amides is 1. The Labute approximate surface area is 81.7 Å². The number of hydrogen-bond donors (Lipinski definition) is 0. The lowest BCUT2D eigenvalue weighted by atomic mass is 10.1. The van der Waals surface area contributed by atoms with Crippen molar-refractivity contribution in [2.45, 2.75) is 19.1 Å². The van der Waals surface area contributed by atoms with Crippen molar-refractivity contribution in [2.75, 3.05) is 7.05 Å². The summed E-state index contributed by atoms with van der Waals surface area (Å²) < 4.78 is 5.16. The fourth-order valence-corrected chi connectivity index (χ4v) is 1.42. The molecule has 0 aliphatic carbocycles. The second-order valence-corrected chi connectivity index (χ2v) is 3.29. The molecule has 1 aliphatic rings. The van der Waals surface area contributed by atoms with Gasteiger partial charge in [0.15, 0.2) is 6.10 Å². The van der Waals surface area contributed by atoms with Gasteiger partial charge in [-0.3, -0.25) is 9.97 Å². The lowest BCUT2D eigenvalue weighted by Gasteiger charge is -2.15. The molecule has 1 saturated heterocycles. The highest BCUT2D eigenvalue weighted by atomic mass is 16.6. The lowest BCUT2D eigenvalue weighted by Crippen LogP contribution is -2.27. The number of ether oxygens (including phenoxy) is 1. The van der Waals surface area contributed by atoms with Gasteiger partial charge in [0.05, 0.1) is 12.2 Å². The summed E-state index contributed by atoms with van der Waals surface area (Å²) in [6, 6.07) is -0.000741. The third kappa shape index (κ3) is 1.30. The summed E-state index contributed by atoms with van der Waals surface area (Å²) in [7, 11) is 1.71. The van der Waals surface area contributed by atoms with Crippen LogP contribution in [-0.2, 0) is 4.74 Å².